The van der Waals surface area contributed by atoms with Crippen molar-refractivity contribution >= 4 is 12.7 Å². The van der Waals surface area contributed by atoms with Crippen molar-refractivity contribution in [2.45, 2.75) is 60.4 Å². The van der Waals surface area contributed by atoms with Gasteiger partial charge in [0.15, 0.2) is 7.41 Å². The van der Waals surface area contributed by atoms with Crippen LogP contribution in [0.3, 0.4) is 0 Å². The summed E-state index contributed by atoms with van der Waals surface area (Å²) in [6, 6.07) is 11.1. The topological polar surface area (TPSA) is 3.24 Å². The van der Waals surface area contributed by atoms with Crippen LogP contribution in [0.1, 0.15) is 54.9 Å². The van der Waals surface area contributed by atoms with Gasteiger partial charge in [0.25, 0.3) is 0 Å². The smallest absolute Gasteiger partial charge is 0.162 e. The van der Waals surface area contributed by atoms with Gasteiger partial charge in [-0.3, -0.25) is 0 Å². The molecule has 0 fully saturated rings. The third-order valence-corrected chi connectivity index (χ3v) is 9.05. The minimum absolute atomic E-state index is 0.118. The van der Waals surface area contributed by atoms with Crippen molar-refractivity contribution in [2.75, 3.05) is 6.66 Å². The summed E-state index contributed by atoms with van der Waals surface area (Å²) in [5.74, 6) is 0. The summed E-state index contributed by atoms with van der Waals surface area (Å²) in [5, 5.41) is 2.99. The zero-order valence-electron chi connectivity index (χ0n) is 16.1. The monoisotopic (exact) mass is 330 g/mol. The Balaban J connectivity index is 2.56. The Kier molecular flexibility index (Phi) is 4.84. The Labute approximate surface area is 143 Å². The molecule has 2 rings (SSSR count). The van der Waals surface area contributed by atoms with Crippen molar-refractivity contribution < 1.29 is 0 Å². The van der Waals surface area contributed by atoms with Crippen LogP contribution < -0.4 is 5.30 Å². The Morgan fingerprint density at radius 1 is 0.957 bits per heavy atom. The average molecular weight is 330 g/mol. The SMILES string of the molecule is CC1=CN(C(C)(C)CC(C)(C)C)[P+](C)(c2ccccc2)C(C)=C1. The first-order valence-corrected chi connectivity index (χ1v) is 10.7. The van der Waals surface area contributed by atoms with E-state index in [-0.39, 0.29) is 5.54 Å². The minimum atomic E-state index is -1.54. The van der Waals surface area contributed by atoms with Gasteiger partial charge in [-0.15, -0.1) is 0 Å². The summed E-state index contributed by atoms with van der Waals surface area (Å²) in [7, 11) is -1.54. The molecule has 0 amide bonds. The molecule has 1 nitrogen and oxygen atoms in total. The Morgan fingerprint density at radius 2 is 1.52 bits per heavy atom. The molecular formula is C21H33NP+. The van der Waals surface area contributed by atoms with Gasteiger partial charge in [0, 0.05) is 6.20 Å². The summed E-state index contributed by atoms with van der Waals surface area (Å²) in [6.07, 6.45) is 5.95. The number of hydrogen-bond donors (Lipinski definition) is 0. The maximum atomic E-state index is 2.70. The van der Waals surface area contributed by atoms with E-state index in [1.54, 1.807) is 0 Å². The molecule has 0 saturated carbocycles. The average Bonchev–Trinajstić information content (AvgIpc) is 2.41. The van der Waals surface area contributed by atoms with E-state index >= 15 is 0 Å². The van der Waals surface area contributed by atoms with Gasteiger partial charge in [-0.25, -0.2) is 4.67 Å². The molecule has 126 valence electrons. The molecule has 0 saturated heterocycles. The molecule has 0 spiro atoms. The van der Waals surface area contributed by atoms with E-state index in [1.165, 1.54) is 22.6 Å². The maximum absolute atomic E-state index is 2.70. The van der Waals surface area contributed by atoms with Gasteiger partial charge < -0.3 is 0 Å². The summed E-state index contributed by atoms with van der Waals surface area (Å²) in [4.78, 5) is 0. The number of rotatable bonds is 3. The lowest BCUT2D eigenvalue weighted by atomic mass is 9.82. The van der Waals surface area contributed by atoms with E-state index in [2.05, 4.69) is 102 Å². The number of hydrogen-bond acceptors (Lipinski definition) is 1. The largest absolute Gasteiger partial charge is 0.241 e. The highest BCUT2D eigenvalue weighted by molar-refractivity contribution is 7.84. The minimum Gasteiger partial charge on any atom is -0.241 e. The first kappa shape index (κ1) is 18.3. The highest BCUT2D eigenvalue weighted by atomic mass is 31.2. The van der Waals surface area contributed by atoms with Crippen LogP contribution in [0.25, 0.3) is 0 Å². The van der Waals surface area contributed by atoms with Crippen molar-refractivity contribution in [1.82, 2.24) is 4.67 Å². The highest BCUT2D eigenvalue weighted by Gasteiger charge is 2.51. The van der Waals surface area contributed by atoms with Crippen LogP contribution in [0.4, 0.5) is 0 Å². The van der Waals surface area contributed by atoms with Gasteiger partial charge in [-0.2, -0.15) is 0 Å². The fourth-order valence-corrected chi connectivity index (χ4v) is 7.88. The van der Waals surface area contributed by atoms with Gasteiger partial charge in [-0.05, 0) is 63.3 Å². The van der Waals surface area contributed by atoms with Crippen LogP contribution in [0.15, 0.2) is 53.5 Å². The van der Waals surface area contributed by atoms with Crippen molar-refractivity contribution in [3.8, 4) is 0 Å². The van der Waals surface area contributed by atoms with Crippen molar-refractivity contribution in [2.24, 2.45) is 5.41 Å². The molecule has 0 bridgehead atoms. The Bertz CT molecular complexity index is 619. The van der Waals surface area contributed by atoms with E-state index in [4.69, 9.17) is 0 Å². The zero-order chi connectivity index (χ0) is 17.5. The maximum Gasteiger partial charge on any atom is 0.162 e. The van der Waals surface area contributed by atoms with E-state index < -0.39 is 7.41 Å². The number of benzene rings is 1. The molecular weight excluding hydrogens is 297 g/mol. The predicted octanol–water partition coefficient (Wildman–Crippen LogP) is 6.21. The van der Waals surface area contributed by atoms with Crippen LogP contribution in [0, 0.1) is 5.41 Å². The first-order valence-electron chi connectivity index (χ1n) is 8.56. The van der Waals surface area contributed by atoms with E-state index in [9.17, 15) is 0 Å². The van der Waals surface area contributed by atoms with Crippen molar-refractivity contribution in [1.29, 1.82) is 0 Å². The van der Waals surface area contributed by atoms with Gasteiger partial charge in [0.1, 0.15) is 5.30 Å². The van der Waals surface area contributed by atoms with Crippen LogP contribution in [-0.2, 0) is 0 Å². The molecule has 1 atom stereocenters. The van der Waals surface area contributed by atoms with Crippen molar-refractivity contribution in [3.05, 3.63) is 53.5 Å². The van der Waals surface area contributed by atoms with Gasteiger partial charge >= 0.3 is 0 Å². The molecule has 1 heterocycles. The molecule has 1 aliphatic heterocycles. The molecule has 0 N–H and O–H groups in total. The third-order valence-electron chi connectivity index (χ3n) is 4.72. The number of nitrogens with zero attached hydrogens (tertiary/aromatic N) is 1. The van der Waals surface area contributed by atoms with Crippen LogP contribution in [0.2, 0.25) is 0 Å². The molecule has 1 aliphatic rings. The van der Waals surface area contributed by atoms with Crippen LogP contribution in [0.5, 0.6) is 0 Å². The van der Waals surface area contributed by atoms with Gasteiger partial charge in [0.2, 0.25) is 0 Å². The fourth-order valence-electron chi connectivity index (χ4n) is 4.11. The molecule has 1 aromatic carbocycles. The fraction of sp³-hybridized carbons (Fsp3) is 0.524. The Morgan fingerprint density at radius 3 is 2.04 bits per heavy atom. The third kappa shape index (κ3) is 3.72. The summed E-state index contributed by atoms with van der Waals surface area (Å²) in [6.45, 7) is 18.9. The molecule has 0 aromatic heterocycles. The Hall–Kier alpha value is -1.07. The lowest BCUT2D eigenvalue weighted by molar-refractivity contribution is 0.195. The highest BCUT2D eigenvalue weighted by Crippen LogP contribution is 2.69. The second-order valence-electron chi connectivity index (χ2n) is 8.85. The van der Waals surface area contributed by atoms with Crippen LogP contribution >= 0.6 is 7.41 Å². The normalized spacial score (nSPS) is 22.7. The van der Waals surface area contributed by atoms with Crippen molar-refractivity contribution in [3.63, 3.8) is 0 Å². The standard InChI is InChI=1S/C21H33NP/c1-17-14-18(2)23(8,19-12-10-9-11-13-19)22(15-17)21(6,7)16-20(3,4)5/h9-15H,16H2,1-8H3/q+1. The lowest BCUT2D eigenvalue weighted by Crippen LogP contribution is -2.46. The molecule has 0 radical (unpaired) electrons. The van der Waals surface area contributed by atoms with E-state index in [0.29, 0.717) is 5.41 Å². The number of allylic oxidation sites excluding steroid dienone is 3. The molecule has 23 heavy (non-hydrogen) atoms. The van der Waals surface area contributed by atoms with Gasteiger partial charge in [0.05, 0.1) is 17.5 Å². The summed E-state index contributed by atoms with van der Waals surface area (Å²) >= 11 is 0. The molecule has 1 aromatic rings. The van der Waals surface area contributed by atoms with E-state index in [0.717, 1.165) is 0 Å². The summed E-state index contributed by atoms with van der Waals surface area (Å²) in [5.41, 5.74) is 1.78. The molecule has 2 heteroatoms. The van der Waals surface area contributed by atoms with E-state index in [1.807, 2.05) is 0 Å². The zero-order valence-corrected chi connectivity index (χ0v) is 17.0. The van der Waals surface area contributed by atoms with Crippen LogP contribution in [-0.4, -0.2) is 16.9 Å². The van der Waals surface area contributed by atoms with Gasteiger partial charge in [-0.1, -0.05) is 39.0 Å². The molecule has 1 unspecified atom stereocenters. The second kappa shape index (κ2) is 6.10. The molecule has 0 aliphatic carbocycles. The lowest BCUT2D eigenvalue weighted by Gasteiger charge is -2.47. The first-order chi connectivity index (χ1) is 10.5. The summed E-state index contributed by atoms with van der Waals surface area (Å²) < 4.78 is 2.70. The quantitative estimate of drug-likeness (QED) is 0.595. The predicted molar refractivity (Wildman–Crippen MR) is 106 cm³/mol. The second-order valence-corrected chi connectivity index (χ2v) is 12.4.